The van der Waals surface area contributed by atoms with Gasteiger partial charge in [0, 0.05) is 10.8 Å². The van der Waals surface area contributed by atoms with Crippen molar-refractivity contribution >= 4 is 17.3 Å². The maximum absolute atomic E-state index is 11.8. The number of ether oxygens (including phenoxy) is 1. The van der Waals surface area contributed by atoms with Gasteiger partial charge in [0.15, 0.2) is 0 Å². The summed E-state index contributed by atoms with van der Waals surface area (Å²) >= 11 is 1.78. The number of fused-ring (bicyclic) bond motifs is 1. The van der Waals surface area contributed by atoms with E-state index in [-0.39, 0.29) is 11.9 Å². The number of carbonyl (C=O) groups excluding carboxylic acids is 1. The summed E-state index contributed by atoms with van der Waals surface area (Å²) in [4.78, 5) is 17.8. The average molecular weight is 253 g/mol. The molecule has 0 radical (unpaired) electrons. The second-order valence-corrected chi connectivity index (χ2v) is 5.63. The van der Waals surface area contributed by atoms with Crippen LogP contribution >= 0.6 is 11.3 Å². The minimum atomic E-state index is -0.112. The second-order valence-electron chi connectivity index (χ2n) is 4.51. The molecule has 1 aliphatic carbocycles. The van der Waals surface area contributed by atoms with Crippen LogP contribution in [0.4, 0.5) is 0 Å². The first kappa shape index (κ1) is 12.6. The zero-order chi connectivity index (χ0) is 12.4. The fourth-order valence-electron chi connectivity index (χ4n) is 2.10. The molecule has 4 heteroatoms. The second kappa shape index (κ2) is 5.17. The van der Waals surface area contributed by atoms with Gasteiger partial charge in [-0.1, -0.05) is 13.8 Å². The third-order valence-corrected chi connectivity index (χ3v) is 4.70. The van der Waals surface area contributed by atoms with Crippen molar-refractivity contribution in [1.29, 1.82) is 0 Å². The lowest BCUT2D eigenvalue weighted by Gasteiger charge is -2.08. The number of hydrogen-bond donors (Lipinski definition) is 0. The van der Waals surface area contributed by atoms with Gasteiger partial charge in [0.1, 0.15) is 5.92 Å². The van der Waals surface area contributed by atoms with E-state index in [1.54, 1.807) is 11.3 Å². The molecule has 3 nitrogen and oxygen atoms in total. The maximum atomic E-state index is 11.8. The van der Waals surface area contributed by atoms with E-state index in [1.807, 2.05) is 6.92 Å². The third-order valence-electron chi connectivity index (χ3n) is 3.34. The lowest BCUT2D eigenvalue weighted by atomic mass is 10.1. The van der Waals surface area contributed by atoms with E-state index in [9.17, 15) is 4.79 Å². The highest BCUT2D eigenvalue weighted by Gasteiger charge is 2.33. The van der Waals surface area contributed by atoms with Crippen LogP contribution in [0.15, 0.2) is 0 Å². The van der Waals surface area contributed by atoms with Gasteiger partial charge in [-0.05, 0) is 26.2 Å². The molecule has 0 fully saturated rings. The molecule has 1 aromatic heterocycles. The van der Waals surface area contributed by atoms with Gasteiger partial charge in [-0.3, -0.25) is 4.79 Å². The molecule has 0 N–H and O–H groups in total. The molecule has 0 aliphatic heterocycles. The molecular formula is C13H19NO2S. The zero-order valence-corrected chi connectivity index (χ0v) is 11.5. The summed E-state index contributed by atoms with van der Waals surface area (Å²) in [6.45, 7) is 6.65. The summed E-state index contributed by atoms with van der Waals surface area (Å²) < 4.78 is 5.10. The van der Waals surface area contributed by atoms with Crippen molar-refractivity contribution in [2.24, 2.45) is 0 Å². The van der Waals surface area contributed by atoms with Crippen LogP contribution in [-0.2, 0) is 16.0 Å². The third kappa shape index (κ3) is 2.37. The Hall–Kier alpha value is -0.900. The Kier molecular flexibility index (Phi) is 3.82. The summed E-state index contributed by atoms with van der Waals surface area (Å²) in [5, 5.41) is 1.17. The van der Waals surface area contributed by atoms with Gasteiger partial charge in [0.2, 0.25) is 0 Å². The van der Waals surface area contributed by atoms with Gasteiger partial charge in [0.25, 0.3) is 0 Å². The van der Waals surface area contributed by atoms with Gasteiger partial charge >= 0.3 is 5.97 Å². The molecule has 17 heavy (non-hydrogen) atoms. The van der Waals surface area contributed by atoms with Crippen LogP contribution in [0.1, 0.15) is 61.0 Å². The molecule has 94 valence electrons. The van der Waals surface area contributed by atoms with E-state index in [0.29, 0.717) is 12.5 Å². The molecule has 2 rings (SSSR count). The van der Waals surface area contributed by atoms with Crippen LogP contribution in [0.2, 0.25) is 0 Å². The molecule has 0 amide bonds. The molecule has 1 heterocycles. The van der Waals surface area contributed by atoms with E-state index < -0.39 is 0 Å². The minimum absolute atomic E-state index is 0.104. The van der Waals surface area contributed by atoms with Crippen LogP contribution < -0.4 is 0 Å². The van der Waals surface area contributed by atoms with Crippen LogP contribution in [0.25, 0.3) is 0 Å². The first-order valence-electron chi connectivity index (χ1n) is 6.33. The van der Waals surface area contributed by atoms with Gasteiger partial charge in [0.05, 0.1) is 17.3 Å². The first-order chi connectivity index (χ1) is 8.17. The Balaban J connectivity index is 2.19. The molecule has 2 unspecified atom stereocenters. The number of nitrogens with zero attached hydrogens (tertiary/aromatic N) is 1. The highest BCUT2D eigenvalue weighted by Crippen LogP contribution is 2.39. The predicted molar refractivity (Wildman–Crippen MR) is 68.5 cm³/mol. The van der Waals surface area contributed by atoms with E-state index in [1.165, 1.54) is 9.88 Å². The molecular weight excluding hydrogens is 234 g/mol. The monoisotopic (exact) mass is 253 g/mol. The zero-order valence-electron chi connectivity index (χ0n) is 10.7. The van der Waals surface area contributed by atoms with Gasteiger partial charge in [-0.15, -0.1) is 11.3 Å². The molecule has 0 saturated carbocycles. The molecule has 0 saturated heterocycles. The van der Waals surface area contributed by atoms with E-state index in [4.69, 9.17) is 4.74 Å². The van der Waals surface area contributed by atoms with Crippen molar-refractivity contribution < 1.29 is 9.53 Å². The van der Waals surface area contributed by atoms with Crippen molar-refractivity contribution in [1.82, 2.24) is 4.98 Å². The Morgan fingerprint density at radius 3 is 3.00 bits per heavy atom. The van der Waals surface area contributed by atoms with Gasteiger partial charge in [-0.2, -0.15) is 0 Å². The van der Waals surface area contributed by atoms with Crippen molar-refractivity contribution in [3.63, 3.8) is 0 Å². The summed E-state index contributed by atoms with van der Waals surface area (Å²) in [5.41, 5.74) is 0.990. The fourth-order valence-corrected chi connectivity index (χ4v) is 3.38. The molecule has 1 aromatic rings. The highest BCUT2D eigenvalue weighted by atomic mass is 32.1. The van der Waals surface area contributed by atoms with Crippen molar-refractivity contribution in [3.05, 3.63) is 15.6 Å². The topological polar surface area (TPSA) is 39.2 Å². The Morgan fingerprint density at radius 2 is 2.35 bits per heavy atom. The smallest absolute Gasteiger partial charge is 0.315 e. The summed E-state index contributed by atoms with van der Waals surface area (Å²) in [5.74, 6) is 0.278. The normalized spacial score (nSPS) is 20.1. The number of rotatable bonds is 4. The maximum Gasteiger partial charge on any atom is 0.315 e. The number of aryl methyl sites for hydroxylation is 1. The number of esters is 1. The molecule has 2 atom stereocenters. The SMILES string of the molecule is CCOC(=O)C1CCc2sc(C(C)CC)nc21. The van der Waals surface area contributed by atoms with Crippen LogP contribution in [0.3, 0.4) is 0 Å². The van der Waals surface area contributed by atoms with Gasteiger partial charge in [-0.25, -0.2) is 4.98 Å². The summed E-state index contributed by atoms with van der Waals surface area (Å²) in [6, 6.07) is 0. The van der Waals surface area contributed by atoms with Crippen LogP contribution in [-0.4, -0.2) is 17.6 Å². The Bertz CT molecular complexity index is 414. The fraction of sp³-hybridized carbons (Fsp3) is 0.692. The summed E-state index contributed by atoms with van der Waals surface area (Å²) in [7, 11) is 0. The number of hydrogen-bond acceptors (Lipinski definition) is 4. The summed E-state index contributed by atoms with van der Waals surface area (Å²) in [6.07, 6.45) is 2.94. The lowest BCUT2D eigenvalue weighted by Crippen LogP contribution is -2.14. The van der Waals surface area contributed by atoms with E-state index >= 15 is 0 Å². The first-order valence-corrected chi connectivity index (χ1v) is 7.15. The number of aromatic nitrogens is 1. The number of carbonyl (C=O) groups is 1. The number of thiazole rings is 1. The Morgan fingerprint density at radius 1 is 1.59 bits per heavy atom. The molecule has 0 bridgehead atoms. The molecule has 0 aromatic carbocycles. The van der Waals surface area contributed by atoms with Crippen molar-refractivity contribution in [3.8, 4) is 0 Å². The average Bonchev–Trinajstić information content (AvgIpc) is 2.87. The molecule has 0 spiro atoms. The largest absolute Gasteiger partial charge is 0.465 e. The highest BCUT2D eigenvalue weighted by molar-refractivity contribution is 7.11. The van der Waals surface area contributed by atoms with Crippen LogP contribution in [0.5, 0.6) is 0 Å². The van der Waals surface area contributed by atoms with Gasteiger partial charge < -0.3 is 4.74 Å². The van der Waals surface area contributed by atoms with Crippen molar-refractivity contribution in [2.45, 2.75) is 51.9 Å². The van der Waals surface area contributed by atoms with E-state index in [2.05, 4.69) is 18.8 Å². The standard InChI is InChI=1S/C13H19NO2S/c1-4-8(3)12-14-11-9(13(15)16-5-2)6-7-10(11)17-12/h8-9H,4-7H2,1-3H3. The van der Waals surface area contributed by atoms with Crippen molar-refractivity contribution in [2.75, 3.05) is 6.61 Å². The lowest BCUT2D eigenvalue weighted by molar-refractivity contribution is -0.145. The molecule has 1 aliphatic rings. The Labute approximate surface area is 106 Å². The quantitative estimate of drug-likeness (QED) is 0.773. The predicted octanol–water partition coefficient (Wildman–Crippen LogP) is 3.25. The van der Waals surface area contributed by atoms with E-state index in [0.717, 1.165) is 25.0 Å². The minimum Gasteiger partial charge on any atom is -0.465 e. The van der Waals surface area contributed by atoms with Crippen LogP contribution in [0, 0.1) is 0 Å².